The van der Waals surface area contributed by atoms with E-state index in [1.165, 1.54) is 84.0 Å². The van der Waals surface area contributed by atoms with Crippen LogP contribution < -0.4 is 5.32 Å². The molecule has 2 heteroatoms. The molecular formula is C18H36N2. The van der Waals surface area contributed by atoms with E-state index in [1.54, 1.807) is 0 Å². The van der Waals surface area contributed by atoms with Gasteiger partial charge in [-0.05, 0) is 57.0 Å². The highest BCUT2D eigenvalue weighted by Crippen LogP contribution is 2.29. The third-order valence-corrected chi connectivity index (χ3v) is 5.52. The molecule has 2 aliphatic carbocycles. The number of nitrogens with zero attached hydrogens (tertiary/aromatic N) is 1. The van der Waals surface area contributed by atoms with Gasteiger partial charge >= 0.3 is 0 Å². The normalized spacial score (nSPS) is 22.9. The molecule has 2 saturated carbocycles. The molecule has 1 unspecified atom stereocenters. The Bertz CT molecular complexity index is 244. The Morgan fingerprint density at radius 2 is 1.75 bits per heavy atom. The van der Waals surface area contributed by atoms with Crippen molar-refractivity contribution in [3.63, 3.8) is 0 Å². The Labute approximate surface area is 126 Å². The third-order valence-electron chi connectivity index (χ3n) is 5.52. The van der Waals surface area contributed by atoms with E-state index in [9.17, 15) is 0 Å². The second-order valence-corrected chi connectivity index (χ2v) is 7.11. The van der Waals surface area contributed by atoms with Crippen molar-refractivity contribution in [3.8, 4) is 0 Å². The van der Waals surface area contributed by atoms with Crippen LogP contribution in [0.4, 0.5) is 0 Å². The highest BCUT2D eigenvalue weighted by atomic mass is 15.1. The predicted octanol–water partition coefficient (Wildman–Crippen LogP) is 4.06. The SMILES string of the molecule is CCCNC(CN(CC)CC1CCC1)C1CCCCC1. The topological polar surface area (TPSA) is 15.3 Å². The molecule has 1 atom stereocenters. The first-order valence-corrected chi connectivity index (χ1v) is 9.29. The molecule has 20 heavy (non-hydrogen) atoms. The smallest absolute Gasteiger partial charge is 0.0223 e. The summed E-state index contributed by atoms with van der Waals surface area (Å²) in [7, 11) is 0. The fourth-order valence-electron chi connectivity index (χ4n) is 3.90. The summed E-state index contributed by atoms with van der Waals surface area (Å²) in [5.41, 5.74) is 0. The van der Waals surface area contributed by atoms with Gasteiger partial charge in [-0.2, -0.15) is 0 Å². The molecule has 2 fully saturated rings. The van der Waals surface area contributed by atoms with Gasteiger partial charge in [0.15, 0.2) is 0 Å². The lowest BCUT2D eigenvalue weighted by molar-refractivity contribution is 0.144. The van der Waals surface area contributed by atoms with E-state index in [0.29, 0.717) is 0 Å². The highest BCUT2D eigenvalue weighted by Gasteiger charge is 2.26. The summed E-state index contributed by atoms with van der Waals surface area (Å²) in [6.07, 6.45) is 13.0. The fourth-order valence-corrected chi connectivity index (χ4v) is 3.90. The van der Waals surface area contributed by atoms with Crippen molar-refractivity contribution < 1.29 is 0 Å². The minimum Gasteiger partial charge on any atom is -0.312 e. The molecule has 0 aromatic carbocycles. The Kier molecular flexibility index (Phi) is 7.37. The first-order valence-electron chi connectivity index (χ1n) is 9.29. The van der Waals surface area contributed by atoms with E-state index in [2.05, 4.69) is 24.1 Å². The molecular weight excluding hydrogens is 244 g/mol. The van der Waals surface area contributed by atoms with Gasteiger partial charge in [-0.15, -0.1) is 0 Å². The van der Waals surface area contributed by atoms with E-state index < -0.39 is 0 Å². The van der Waals surface area contributed by atoms with E-state index in [0.717, 1.165) is 17.9 Å². The van der Waals surface area contributed by atoms with E-state index in [-0.39, 0.29) is 0 Å². The molecule has 0 radical (unpaired) electrons. The first kappa shape index (κ1) is 16.3. The summed E-state index contributed by atoms with van der Waals surface area (Å²) in [5, 5.41) is 3.87. The highest BCUT2D eigenvalue weighted by molar-refractivity contribution is 4.83. The molecule has 2 nitrogen and oxygen atoms in total. The molecule has 2 aliphatic rings. The average Bonchev–Trinajstić information content (AvgIpc) is 2.45. The molecule has 118 valence electrons. The molecule has 0 spiro atoms. The quantitative estimate of drug-likeness (QED) is 0.685. The lowest BCUT2D eigenvalue weighted by atomic mass is 9.82. The fraction of sp³-hybridized carbons (Fsp3) is 1.00. The molecule has 0 bridgehead atoms. The van der Waals surface area contributed by atoms with Gasteiger partial charge in [0, 0.05) is 19.1 Å². The van der Waals surface area contributed by atoms with E-state index in [4.69, 9.17) is 0 Å². The molecule has 0 heterocycles. The van der Waals surface area contributed by atoms with Crippen LogP contribution in [-0.4, -0.2) is 37.1 Å². The number of hydrogen-bond acceptors (Lipinski definition) is 2. The van der Waals surface area contributed by atoms with Crippen molar-refractivity contribution in [2.45, 2.75) is 77.7 Å². The summed E-state index contributed by atoms with van der Waals surface area (Å²) in [6, 6.07) is 0.746. The largest absolute Gasteiger partial charge is 0.312 e. The van der Waals surface area contributed by atoms with Gasteiger partial charge in [0.1, 0.15) is 0 Å². The number of nitrogens with one attached hydrogen (secondary N) is 1. The number of hydrogen-bond donors (Lipinski definition) is 1. The summed E-state index contributed by atoms with van der Waals surface area (Å²) in [5.74, 6) is 1.94. The van der Waals surface area contributed by atoms with Crippen LogP contribution in [0, 0.1) is 11.8 Å². The van der Waals surface area contributed by atoms with Gasteiger partial charge in [-0.25, -0.2) is 0 Å². The molecule has 0 aromatic rings. The van der Waals surface area contributed by atoms with Gasteiger partial charge in [0.2, 0.25) is 0 Å². The minimum atomic E-state index is 0.746. The van der Waals surface area contributed by atoms with Gasteiger partial charge in [-0.1, -0.05) is 39.5 Å². The summed E-state index contributed by atoms with van der Waals surface area (Å²) < 4.78 is 0. The monoisotopic (exact) mass is 280 g/mol. The van der Waals surface area contributed by atoms with Gasteiger partial charge in [0.25, 0.3) is 0 Å². The van der Waals surface area contributed by atoms with Crippen LogP contribution in [-0.2, 0) is 0 Å². The van der Waals surface area contributed by atoms with Crippen LogP contribution in [0.5, 0.6) is 0 Å². The lowest BCUT2D eigenvalue weighted by Crippen LogP contribution is -2.48. The number of rotatable bonds is 9. The van der Waals surface area contributed by atoms with Gasteiger partial charge < -0.3 is 10.2 Å². The Hall–Kier alpha value is -0.0800. The second-order valence-electron chi connectivity index (χ2n) is 7.11. The standard InChI is InChI=1S/C18H36N2/c1-3-13-19-18(17-11-6-5-7-12-17)15-20(4-2)14-16-9-8-10-16/h16-19H,3-15H2,1-2H3. The van der Waals surface area contributed by atoms with Crippen LogP contribution in [0.1, 0.15) is 71.6 Å². The van der Waals surface area contributed by atoms with Crippen molar-refractivity contribution in [1.82, 2.24) is 10.2 Å². The summed E-state index contributed by atoms with van der Waals surface area (Å²) in [6.45, 7) is 9.70. The minimum absolute atomic E-state index is 0.746. The molecule has 0 aliphatic heterocycles. The van der Waals surface area contributed by atoms with E-state index >= 15 is 0 Å². The van der Waals surface area contributed by atoms with Crippen LogP contribution in [0.25, 0.3) is 0 Å². The van der Waals surface area contributed by atoms with Crippen molar-refractivity contribution in [1.29, 1.82) is 0 Å². The van der Waals surface area contributed by atoms with Crippen molar-refractivity contribution in [2.75, 3.05) is 26.2 Å². The molecule has 0 amide bonds. The maximum absolute atomic E-state index is 3.87. The van der Waals surface area contributed by atoms with Crippen LogP contribution in [0.3, 0.4) is 0 Å². The zero-order chi connectivity index (χ0) is 14.2. The maximum Gasteiger partial charge on any atom is 0.0223 e. The Morgan fingerprint density at radius 1 is 1.00 bits per heavy atom. The zero-order valence-electron chi connectivity index (χ0n) is 13.9. The molecule has 1 N–H and O–H groups in total. The Balaban J connectivity index is 1.82. The van der Waals surface area contributed by atoms with Crippen molar-refractivity contribution >= 4 is 0 Å². The number of likely N-dealkylation sites (N-methyl/N-ethyl adjacent to an activating group) is 1. The zero-order valence-corrected chi connectivity index (χ0v) is 13.9. The van der Waals surface area contributed by atoms with Gasteiger partial charge in [0.05, 0.1) is 0 Å². The molecule has 0 saturated heterocycles. The predicted molar refractivity (Wildman–Crippen MR) is 88.1 cm³/mol. The second kappa shape index (κ2) is 9.04. The lowest BCUT2D eigenvalue weighted by Gasteiger charge is -2.37. The van der Waals surface area contributed by atoms with Gasteiger partial charge in [-0.3, -0.25) is 0 Å². The molecule has 0 aromatic heterocycles. The average molecular weight is 280 g/mol. The van der Waals surface area contributed by atoms with Crippen LogP contribution >= 0.6 is 0 Å². The van der Waals surface area contributed by atoms with Crippen LogP contribution in [0.2, 0.25) is 0 Å². The van der Waals surface area contributed by atoms with Crippen molar-refractivity contribution in [3.05, 3.63) is 0 Å². The molecule has 2 rings (SSSR count). The maximum atomic E-state index is 3.87. The first-order chi connectivity index (χ1) is 9.83. The van der Waals surface area contributed by atoms with Crippen LogP contribution in [0.15, 0.2) is 0 Å². The summed E-state index contributed by atoms with van der Waals surface area (Å²) >= 11 is 0. The van der Waals surface area contributed by atoms with Crippen molar-refractivity contribution in [2.24, 2.45) is 11.8 Å². The third kappa shape index (κ3) is 5.04. The summed E-state index contributed by atoms with van der Waals surface area (Å²) in [4.78, 5) is 2.73. The van der Waals surface area contributed by atoms with E-state index in [1.807, 2.05) is 0 Å². The Morgan fingerprint density at radius 3 is 2.30 bits per heavy atom.